The van der Waals surface area contributed by atoms with E-state index in [0.717, 1.165) is 16.1 Å². The largest absolute Gasteiger partial charge is 0.350 e. The number of halogens is 1. The minimum absolute atomic E-state index is 0.0267. The molecule has 1 unspecified atom stereocenters. The molecule has 0 spiro atoms. The van der Waals surface area contributed by atoms with Gasteiger partial charge in [-0.15, -0.1) is 0 Å². The van der Waals surface area contributed by atoms with Crippen molar-refractivity contribution in [2.24, 2.45) is 0 Å². The molecule has 0 radical (unpaired) electrons. The van der Waals surface area contributed by atoms with E-state index in [1.54, 1.807) is 55.5 Å². The second kappa shape index (κ2) is 12.7. The highest BCUT2D eigenvalue weighted by molar-refractivity contribution is 7.92. The second-order valence-electron chi connectivity index (χ2n) is 10.6. The van der Waals surface area contributed by atoms with E-state index in [9.17, 15) is 18.0 Å². The number of hydrogen-bond acceptors (Lipinski definition) is 4. The number of anilines is 1. The van der Waals surface area contributed by atoms with Crippen LogP contribution in [0.3, 0.4) is 0 Å². The average molecular weight is 570 g/mol. The molecular weight excluding hydrogens is 534 g/mol. The molecule has 39 heavy (non-hydrogen) atoms. The topological polar surface area (TPSA) is 86.8 Å². The number of sulfonamides is 1. The Labute approximate surface area is 236 Å². The molecule has 0 bridgehead atoms. The lowest BCUT2D eigenvalue weighted by atomic mass is 10.0. The minimum atomic E-state index is -3.82. The standard InChI is InChI=1S/C30H36ClN3O4S/c1-22-13-9-12-18-26(22)34(39(5,37)38)21-28(35)33(20-24-16-10-11-17-25(24)31)27(29(36)32-30(2,3)4)19-23-14-7-6-8-15-23/h6-18,27H,19-21H2,1-5H3,(H,32,36). The predicted octanol–water partition coefficient (Wildman–Crippen LogP) is 4.97. The number of aryl methyl sites for hydroxylation is 1. The van der Waals surface area contributed by atoms with Crippen molar-refractivity contribution >= 4 is 39.1 Å². The third-order valence-electron chi connectivity index (χ3n) is 6.13. The van der Waals surface area contributed by atoms with Gasteiger partial charge in [0.25, 0.3) is 0 Å². The number of nitrogens with one attached hydrogen (secondary N) is 1. The molecule has 2 amide bonds. The summed E-state index contributed by atoms with van der Waals surface area (Å²) in [6, 6.07) is 22.6. The average Bonchev–Trinajstić information content (AvgIpc) is 2.85. The van der Waals surface area contributed by atoms with Crippen molar-refractivity contribution in [1.82, 2.24) is 10.2 Å². The van der Waals surface area contributed by atoms with Crippen LogP contribution < -0.4 is 9.62 Å². The molecule has 3 aromatic rings. The van der Waals surface area contributed by atoms with Crippen molar-refractivity contribution in [2.45, 2.75) is 52.2 Å². The highest BCUT2D eigenvalue weighted by Gasteiger charge is 2.34. The van der Waals surface area contributed by atoms with E-state index in [1.165, 1.54) is 4.90 Å². The van der Waals surface area contributed by atoms with Crippen molar-refractivity contribution in [2.75, 3.05) is 17.1 Å². The summed E-state index contributed by atoms with van der Waals surface area (Å²) in [5.41, 5.74) is 2.08. The Morgan fingerprint density at radius 1 is 0.923 bits per heavy atom. The first-order valence-electron chi connectivity index (χ1n) is 12.7. The molecule has 0 aliphatic rings. The van der Waals surface area contributed by atoms with Crippen LogP contribution in [0.25, 0.3) is 0 Å². The number of benzene rings is 3. The van der Waals surface area contributed by atoms with Gasteiger partial charge in [0.15, 0.2) is 0 Å². The van der Waals surface area contributed by atoms with Gasteiger partial charge in [-0.25, -0.2) is 8.42 Å². The van der Waals surface area contributed by atoms with Crippen molar-refractivity contribution in [3.8, 4) is 0 Å². The van der Waals surface area contributed by atoms with E-state index in [1.807, 2.05) is 51.1 Å². The van der Waals surface area contributed by atoms with Gasteiger partial charge < -0.3 is 10.2 Å². The maximum absolute atomic E-state index is 14.1. The third-order valence-corrected chi connectivity index (χ3v) is 7.63. The second-order valence-corrected chi connectivity index (χ2v) is 12.9. The Hall–Kier alpha value is -3.36. The van der Waals surface area contributed by atoms with Gasteiger partial charge in [0, 0.05) is 23.5 Å². The van der Waals surface area contributed by atoms with Gasteiger partial charge in [0.05, 0.1) is 11.9 Å². The van der Waals surface area contributed by atoms with E-state index in [4.69, 9.17) is 11.6 Å². The number of hydrogen-bond donors (Lipinski definition) is 1. The van der Waals surface area contributed by atoms with Crippen LogP contribution in [-0.2, 0) is 32.6 Å². The molecule has 0 aliphatic carbocycles. The zero-order chi connectivity index (χ0) is 28.8. The van der Waals surface area contributed by atoms with Crippen LogP contribution in [0.15, 0.2) is 78.9 Å². The summed E-state index contributed by atoms with van der Waals surface area (Å²) in [4.78, 5) is 29.3. The summed E-state index contributed by atoms with van der Waals surface area (Å²) < 4.78 is 26.9. The lowest BCUT2D eigenvalue weighted by Crippen LogP contribution is -2.56. The summed E-state index contributed by atoms with van der Waals surface area (Å²) in [7, 11) is -3.82. The summed E-state index contributed by atoms with van der Waals surface area (Å²) in [5, 5.41) is 3.45. The summed E-state index contributed by atoms with van der Waals surface area (Å²) in [5.74, 6) is -0.859. The number of nitrogens with zero attached hydrogens (tertiary/aromatic N) is 2. The molecule has 9 heteroatoms. The lowest BCUT2D eigenvalue weighted by molar-refractivity contribution is -0.140. The highest BCUT2D eigenvalue weighted by Crippen LogP contribution is 2.25. The molecule has 3 rings (SSSR count). The molecule has 0 fully saturated rings. The molecule has 1 N–H and O–H groups in total. The molecule has 1 atom stereocenters. The fourth-order valence-corrected chi connectivity index (χ4v) is 5.36. The monoisotopic (exact) mass is 569 g/mol. The van der Waals surface area contributed by atoms with E-state index in [2.05, 4.69) is 5.32 Å². The Kier molecular flexibility index (Phi) is 9.80. The molecule has 0 saturated heterocycles. The minimum Gasteiger partial charge on any atom is -0.350 e. The van der Waals surface area contributed by atoms with Crippen LogP contribution in [0.4, 0.5) is 5.69 Å². The Bertz CT molecular complexity index is 1400. The van der Waals surface area contributed by atoms with Crippen LogP contribution in [0.5, 0.6) is 0 Å². The SMILES string of the molecule is Cc1ccccc1N(CC(=O)N(Cc1ccccc1Cl)C(Cc1ccccc1)C(=O)NC(C)(C)C)S(C)(=O)=O. The number of carbonyl (C=O) groups is 2. The van der Waals surface area contributed by atoms with Crippen molar-refractivity contribution in [3.05, 3.63) is 101 Å². The number of carbonyl (C=O) groups excluding carboxylic acids is 2. The van der Waals surface area contributed by atoms with Gasteiger partial charge in [-0.3, -0.25) is 13.9 Å². The molecule has 7 nitrogen and oxygen atoms in total. The quantitative estimate of drug-likeness (QED) is 0.373. The molecule has 0 aromatic heterocycles. The Morgan fingerprint density at radius 3 is 2.10 bits per heavy atom. The van der Waals surface area contributed by atoms with Crippen LogP contribution in [-0.4, -0.2) is 49.5 Å². The number of para-hydroxylation sites is 1. The van der Waals surface area contributed by atoms with Crippen molar-refractivity contribution < 1.29 is 18.0 Å². The van der Waals surface area contributed by atoms with Crippen LogP contribution in [0.1, 0.15) is 37.5 Å². The maximum Gasteiger partial charge on any atom is 0.244 e. The summed E-state index contributed by atoms with van der Waals surface area (Å²) in [6.07, 6.45) is 1.31. The number of amides is 2. The molecule has 0 saturated carbocycles. The Morgan fingerprint density at radius 2 is 1.51 bits per heavy atom. The lowest BCUT2D eigenvalue weighted by Gasteiger charge is -2.35. The first kappa shape index (κ1) is 30.2. The molecular formula is C30H36ClN3O4S. The van der Waals surface area contributed by atoms with Gasteiger partial charge in [-0.1, -0.05) is 78.3 Å². The predicted molar refractivity (Wildman–Crippen MR) is 157 cm³/mol. The fraction of sp³-hybridized carbons (Fsp3) is 0.333. The fourth-order valence-electron chi connectivity index (χ4n) is 4.26. The zero-order valence-corrected chi connectivity index (χ0v) is 24.6. The highest BCUT2D eigenvalue weighted by atomic mass is 35.5. The van der Waals surface area contributed by atoms with Crippen LogP contribution >= 0.6 is 11.6 Å². The molecule has 3 aromatic carbocycles. The van der Waals surface area contributed by atoms with E-state index in [-0.39, 0.29) is 18.9 Å². The zero-order valence-electron chi connectivity index (χ0n) is 23.0. The van der Waals surface area contributed by atoms with Crippen LogP contribution in [0.2, 0.25) is 5.02 Å². The smallest absolute Gasteiger partial charge is 0.244 e. The maximum atomic E-state index is 14.1. The Balaban J connectivity index is 2.10. The first-order valence-corrected chi connectivity index (χ1v) is 14.9. The summed E-state index contributed by atoms with van der Waals surface area (Å²) >= 11 is 6.47. The normalized spacial score (nSPS) is 12.5. The van der Waals surface area contributed by atoms with E-state index in [0.29, 0.717) is 21.8 Å². The van der Waals surface area contributed by atoms with Gasteiger partial charge in [-0.2, -0.15) is 0 Å². The molecule has 0 aliphatic heterocycles. The summed E-state index contributed by atoms with van der Waals surface area (Å²) in [6.45, 7) is 6.95. The first-order chi connectivity index (χ1) is 18.3. The van der Waals surface area contributed by atoms with Crippen LogP contribution in [0, 0.1) is 6.92 Å². The van der Waals surface area contributed by atoms with Crippen molar-refractivity contribution in [3.63, 3.8) is 0 Å². The van der Waals surface area contributed by atoms with E-state index < -0.39 is 34.1 Å². The van der Waals surface area contributed by atoms with E-state index >= 15 is 0 Å². The molecule has 208 valence electrons. The van der Waals surface area contributed by atoms with Gasteiger partial charge >= 0.3 is 0 Å². The molecule has 0 heterocycles. The van der Waals surface area contributed by atoms with Gasteiger partial charge in [0.2, 0.25) is 21.8 Å². The van der Waals surface area contributed by atoms with Crippen molar-refractivity contribution in [1.29, 1.82) is 0 Å². The third kappa shape index (κ3) is 8.57. The van der Waals surface area contributed by atoms with Gasteiger partial charge in [-0.05, 0) is 56.5 Å². The van der Waals surface area contributed by atoms with Gasteiger partial charge in [0.1, 0.15) is 12.6 Å². The number of rotatable bonds is 10.